The molecular formula is C15H24N4. The lowest BCUT2D eigenvalue weighted by molar-refractivity contribution is 0.133. The quantitative estimate of drug-likeness (QED) is 0.880. The van der Waals surface area contributed by atoms with E-state index in [1.54, 1.807) is 0 Å². The van der Waals surface area contributed by atoms with Crippen molar-refractivity contribution >= 4 is 5.82 Å². The van der Waals surface area contributed by atoms with E-state index in [-0.39, 0.29) is 6.04 Å². The first-order valence-electron chi connectivity index (χ1n) is 7.44. The van der Waals surface area contributed by atoms with Crippen LogP contribution in [-0.2, 0) is 0 Å². The topological polar surface area (TPSA) is 45.4 Å². The summed E-state index contributed by atoms with van der Waals surface area (Å²) in [5.41, 5.74) is 7.14. The van der Waals surface area contributed by atoms with Gasteiger partial charge in [0.05, 0.1) is 0 Å². The second-order valence-corrected chi connectivity index (χ2v) is 5.87. The van der Waals surface area contributed by atoms with Crippen LogP contribution in [-0.4, -0.2) is 42.1 Å². The van der Waals surface area contributed by atoms with Crippen LogP contribution >= 0.6 is 0 Å². The number of piperidine rings is 1. The summed E-state index contributed by atoms with van der Waals surface area (Å²) in [6, 6.07) is 4.98. The largest absolute Gasteiger partial charge is 0.354 e. The average molecular weight is 260 g/mol. The van der Waals surface area contributed by atoms with E-state index in [1.807, 2.05) is 19.2 Å². The summed E-state index contributed by atoms with van der Waals surface area (Å²) >= 11 is 0. The van der Waals surface area contributed by atoms with Crippen LogP contribution < -0.4 is 10.6 Å². The first-order chi connectivity index (χ1) is 9.24. The van der Waals surface area contributed by atoms with Gasteiger partial charge in [-0.2, -0.15) is 0 Å². The third-order valence-corrected chi connectivity index (χ3v) is 4.46. The smallest absolute Gasteiger partial charge is 0.128 e. The molecule has 0 saturated carbocycles. The van der Waals surface area contributed by atoms with Crippen molar-refractivity contribution in [1.82, 2.24) is 9.88 Å². The SMILES string of the molecule is CC(N)c1ccnc(N2CCN3CCCCC3C2)c1. The van der Waals surface area contributed by atoms with Crippen LogP contribution in [0.5, 0.6) is 0 Å². The number of fused-ring (bicyclic) bond motifs is 1. The molecule has 2 saturated heterocycles. The summed E-state index contributed by atoms with van der Waals surface area (Å²) in [6.45, 7) is 6.69. The van der Waals surface area contributed by atoms with Crippen molar-refractivity contribution in [3.8, 4) is 0 Å². The van der Waals surface area contributed by atoms with Crippen LogP contribution in [0.15, 0.2) is 18.3 Å². The lowest BCUT2D eigenvalue weighted by Crippen LogP contribution is -2.55. The fourth-order valence-electron chi connectivity index (χ4n) is 3.25. The monoisotopic (exact) mass is 260 g/mol. The van der Waals surface area contributed by atoms with Crippen LogP contribution in [0.4, 0.5) is 5.82 Å². The summed E-state index contributed by atoms with van der Waals surface area (Å²) < 4.78 is 0. The highest BCUT2D eigenvalue weighted by Crippen LogP contribution is 2.25. The molecule has 19 heavy (non-hydrogen) atoms. The Labute approximate surface area is 115 Å². The van der Waals surface area contributed by atoms with Gasteiger partial charge < -0.3 is 10.6 Å². The molecule has 0 spiro atoms. The molecule has 4 heteroatoms. The van der Waals surface area contributed by atoms with Crippen molar-refractivity contribution < 1.29 is 0 Å². The number of hydrogen-bond acceptors (Lipinski definition) is 4. The molecule has 0 radical (unpaired) electrons. The number of anilines is 1. The fourth-order valence-corrected chi connectivity index (χ4v) is 3.25. The Bertz CT molecular complexity index is 432. The van der Waals surface area contributed by atoms with Gasteiger partial charge in [-0.25, -0.2) is 4.98 Å². The van der Waals surface area contributed by atoms with E-state index in [1.165, 1.54) is 37.9 Å². The van der Waals surface area contributed by atoms with Gasteiger partial charge in [-0.1, -0.05) is 6.42 Å². The van der Waals surface area contributed by atoms with E-state index < -0.39 is 0 Å². The van der Waals surface area contributed by atoms with Gasteiger partial charge in [-0.05, 0) is 44.0 Å². The van der Waals surface area contributed by atoms with Gasteiger partial charge in [0.1, 0.15) is 5.82 Å². The second kappa shape index (κ2) is 5.47. The molecule has 2 N–H and O–H groups in total. The molecular weight excluding hydrogens is 236 g/mol. The number of hydrogen-bond donors (Lipinski definition) is 1. The maximum atomic E-state index is 5.96. The van der Waals surface area contributed by atoms with Crippen LogP contribution in [0.2, 0.25) is 0 Å². The highest BCUT2D eigenvalue weighted by Gasteiger charge is 2.29. The second-order valence-electron chi connectivity index (χ2n) is 5.87. The Kier molecular flexibility index (Phi) is 3.71. The molecule has 1 aromatic rings. The maximum Gasteiger partial charge on any atom is 0.128 e. The summed E-state index contributed by atoms with van der Waals surface area (Å²) in [5.74, 6) is 1.10. The third-order valence-electron chi connectivity index (χ3n) is 4.46. The zero-order valence-electron chi connectivity index (χ0n) is 11.8. The highest BCUT2D eigenvalue weighted by atomic mass is 15.3. The standard InChI is InChI=1S/C15H24N4/c1-12(16)13-5-6-17-15(10-13)19-9-8-18-7-3-2-4-14(18)11-19/h5-6,10,12,14H,2-4,7-9,11,16H2,1H3. The zero-order valence-corrected chi connectivity index (χ0v) is 11.8. The molecule has 2 unspecified atom stereocenters. The van der Waals surface area contributed by atoms with E-state index in [2.05, 4.69) is 20.9 Å². The van der Waals surface area contributed by atoms with E-state index in [9.17, 15) is 0 Å². The van der Waals surface area contributed by atoms with Crippen LogP contribution in [0, 0.1) is 0 Å². The van der Waals surface area contributed by atoms with E-state index >= 15 is 0 Å². The summed E-state index contributed by atoms with van der Waals surface area (Å²) in [4.78, 5) is 9.61. The molecule has 0 amide bonds. The molecule has 4 nitrogen and oxygen atoms in total. The van der Waals surface area contributed by atoms with Crippen molar-refractivity contribution in [3.05, 3.63) is 23.9 Å². The number of piperazine rings is 1. The minimum Gasteiger partial charge on any atom is -0.354 e. The van der Waals surface area contributed by atoms with Crippen LogP contribution in [0.25, 0.3) is 0 Å². The Morgan fingerprint density at radius 3 is 3.05 bits per heavy atom. The number of rotatable bonds is 2. The molecule has 0 bridgehead atoms. The Balaban J connectivity index is 1.74. The molecule has 2 aliphatic heterocycles. The zero-order chi connectivity index (χ0) is 13.2. The molecule has 1 aromatic heterocycles. The summed E-state index contributed by atoms with van der Waals surface area (Å²) in [7, 11) is 0. The van der Waals surface area contributed by atoms with E-state index in [0.29, 0.717) is 0 Å². The van der Waals surface area contributed by atoms with Crippen molar-refractivity contribution in [3.63, 3.8) is 0 Å². The van der Waals surface area contributed by atoms with Crippen molar-refractivity contribution in [2.24, 2.45) is 5.73 Å². The Morgan fingerprint density at radius 1 is 1.32 bits per heavy atom. The van der Waals surface area contributed by atoms with Gasteiger partial charge in [0.25, 0.3) is 0 Å². The summed E-state index contributed by atoms with van der Waals surface area (Å²) in [5, 5.41) is 0. The van der Waals surface area contributed by atoms with E-state index in [0.717, 1.165) is 24.9 Å². The van der Waals surface area contributed by atoms with Gasteiger partial charge in [0.2, 0.25) is 0 Å². The lowest BCUT2D eigenvalue weighted by Gasteiger charge is -2.44. The Hall–Kier alpha value is -1.13. The normalized spacial score (nSPS) is 26.0. The first kappa shape index (κ1) is 12.9. The molecule has 104 valence electrons. The predicted molar refractivity (Wildman–Crippen MR) is 78.3 cm³/mol. The number of pyridine rings is 1. The van der Waals surface area contributed by atoms with Gasteiger partial charge >= 0.3 is 0 Å². The average Bonchev–Trinajstić information content (AvgIpc) is 2.47. The van der Waals surface area contributed by atoms with Crippen molar-refractivity contribution in [1.29, 1.82) is 0 Å². The van der Waals surface area contributed by atoms with Gasteiger partial charge in [-0.15, -0.1) is 0 Å². The Morgan fingerprint density at radius 2 is 2.21 bits per heavy atom. The minimum atomic E-state index is 0.0812. The van der Waals surface area contributed by atoms with Gasteiger partial charge in [0.15, 0.2) is 0 Å². The van der Waals surface area contributed by atoms with Gasteiger partial charge in [0, 0.05) is 37.9 Å². The first-order valence-corrected chi connectivity index (χ1v) is 7.44. The predicted octanol–water partition coefficient (Wildman–Crippen LogP) is 1.78. The number of nitrogens with two attached hydrogens (primary N) is 1. The molecule has 2 atom stereocenters. The van der Waals surface area contributed by atoms with Crippen molar-refractivity contribution in [2.45, 2.75) is 38.3 Å². The lowest BCUT2D eigenvalue weighted by atomic mass is 9.99. The summed E-state index contributed by atoms with van der Waals surface area (Å²) in [6.07, 6.45) is 5.97. The molecule has 3 rings (SSSR count). The van der Waals surface area contributed by atoms with Crippen LogP contribution in [0.3, 0.4) is 0 Å². The maximum absolute atomic E-state index is 5.96. The number of nitrogens with zero attached hydrogens (tertiary/aromatic N) is 3. The molecule has 2 fully saturated rings. The molecule has 0 aliphatic carbocycles. The molecule has 0 aromatic carbocycles. The highest BCUT2D eigenvalue weighted by molar-refractivity contribution is 5.42. The third kappa shape index (κ3) is 2.74. The molecule has 2 aliphatic rings. The van der Waals surface area contributed by atoms with Crippen LogP contribution in [0.1, 0.15) is 37.8 Å². The molecule has 3 heterocycles. The minimum absolute atomic E-state index is 0.0812. The number of aromatic nitrogens is 1. The fraction of sp³-hybridized carbons (Fsp3) is 0.667. The van der Waals surface area contributed by atoms with Crippen molar-refractivity contribution in [2.75, 3.05) is 31.1 Å². The van der Waals surface area contributed by atoms with Gasteiger partial charge in [-0.3, -0.25) is 4.90 Å². The van der Waals surface area contributed by atoms with E-state index in [4.69, 9.17) is 5.73 Å².